The smallest absolute Gasteiger partial charge is 0.0951 e. The van der Waals surface area contributed by atoms with Crippen molar-refractivity contribution in [3.8, 4) is 0 Å². The van der Waals surface area contributed by atoms with E-state index in [9.17, 15) is 5.11 Å². The monoisotopic (exact) mass is 235 g/mol. The lowest BCUT2D eigenvalue weighted by Crippen LogP contribution is -2.35. The lowest BCUT2D eigenvalue weighted by atomic mass is 9.93. The number of aliphatic hydroxyl groups is 1. The van der Waals surface area contributed by atoms with Gasteiger partial charge in [0.25, 0.3) is 0 Å². The quantitative estimate of drug-likeness (QED) is 0.833. The molecule has 0 radical (unpaired) electrons. The molecule has 1 heterocycles. The summed E-state index contributed by atoms with van der Waals surface area (Å²) in [6, 6.07) is 1.17. The van der Waals surface area contributed by atoms with Gasteiger partial charge in [0.2, 0.25) is 0 Å². The Balaban J connectivity index is 1.54. The van der Waals surface area contributed by atoms with E-state index in [2.05, 4.69) is 14.9 Å². The molecule has 4 heteroatoms. The molecule has 0 aromatic carbocycles. The SMILES string of the molecule is OC1CCCC(NCc2cncn2C2CC2)C1. The fraction of sp³-hybridized carbons (Fsp3) is 0.769. The van der Waals surface area contributed by atoms with E-state index in [4.69, 9.17) is 0 Å². The average Bonchev–Trinajstić information content (AvgIpc) is 3.06. The number of nitrogens with zero attached hydrogens (tertiary/aromatic N) is 2. The summed E-state index contributed by atoms with van der Waals surface area (Å²) in [6.45, 7) is 0.883. The van der Waals surface area contributed by atoms with E-state index in [0.29, 0.717) is 12.1 Å². The zero-order chi connectivity index (χ0) is 11.7. The van der Waals surface area contributed by atoms with Gasteiger partial charge in [0.1, 0.15) is 0 Å². The van der Waals surface area contributed by atoms with Gasteiger partial charge in [-0.3, -0.25) is 0 Å². The van der Waals surface area contributed by atoms with E-state index >= 15 is 0 Å². The zero-order valence-corrected chi connectivity index (χ0v) is 10.2. The average molecular weight is 235 g/mol. The van der Waals surface area contributed by atoms with Crippen molar-refractivity contribution in [1.29, 1.82) is 0 Å². The summed E-state index contributed by atoms with van der Waals surface area (Å²) in [4.78, 5) is 4.24. The van der Waals surface area contributed by atoms with E-state index in [-0.39, 0.29) is 6.10 Å². The molecule has 1 aromatic heterocycles. The van der Waals surface area contributed by atoms with Gasteiger partial charge in [0.05, 0.1) is 18.1 Å². The number of hydrogen-bond acceptors (Lipinski definition) is 3. The number of imidazole rings is 1. The largest absolute Gasteiger partial charge is 0.393 e. The number of hydrogen-bond donors (Lipinski definition) is 2. The maximum absolute atomic E-state index is 9.63. The number of aromatic nitrogens is 2. The molecule has 2 fully saturated rings. The topological polar surface area (TPSA) is 50.1 Å². The van der Waals surface area contributed by atoms with E-state index in [1.807, 2.05) is 12.5 Å². The second-order valence-corrected chi connectivity index (χ2v) is 5.42. The van der Waals surface area contributed by atoms with E-state index in [0.717, 1.165) is 25.8 Å². The van der Waals surface area contributed by atoms with Crippen molar-refractivity contribution in [1.82, 2.24) is 14.9 Å². The first kappa shape index (κ1) is 11.2. The summed E-state index contributed by atoms with van der Waals surface area (Å²) in [5.41, 5.74) is 1.28. The Hall–Kier alpha value is -0.870. The highest BCUT2D eigenvalue weighted by Crippen LogP contribution is 2.35. The van der Waals surface area contributed by atoms with Gasteiger partial charge < -0.3 is 15.0 Å². The maximum atomic E-state index is 9.63. The van der Waals surface area contributed by atoms with Crippen LogP contribution in [0.1, 0.15) is 50.3 Å². The highest BCUT2D eigenvalue weighted by molar-refractivity contribution is 5.03. The molecule has 0 bridgehead atoms. The molecule has 3 rings (SSSR count). The highest BCUT2D eigenvalue weighted by Gasteiger charge is 2.25. The van der Waals surface area contributed by atoms with Crippen molar-refractivity contribution in [3.63, 3.8) is 0 Å². The summed E-state index contributed by atoms with van der Waals surface area (Å²) in [5.74, 6) is 0. The van der Waals surface area contributed by atoms with Crippen LogP contribution in [0.2, 0.25) is 0 Å². The molecule has 0 amide bonds. The Morgan fingerprint density at radius 1 is 1.35 bits per heavy atom. The van der Waals surface area contributed by atoms with Crippen molar-refractivity contribution < 1.29 is 5.11 Å². The zero-order valence-electron chi connectivity index (χ0n) is 10.2. The summed E-state index contributed by atoms with van der Waals surface area (Å²) in [6.07, 6.45) is 10.6. The fourth-order valence-corrected chi connectivity index (χ4v) is 2.75. The van der Waals surface area contributed by atoms with Crippen LogP contribution in [0, 0.1) is 0 Å². The minimum absolute atomic E-state index is 0.102. The summed E-state index contributed by atoms with van der Waals surface area (Å²) < 4.78 is 2.30. The van der Waals surface area contributed by atoms with Crippen molar-refractivity contribution in [3.05, 3.63) is 18.2 Å². The van der Waals surface area contributed by atoms with Crippen LogP contribution in [-0.4, -0.2) is 26.8 Å². The van der Waals surface area contributed by atoms with Crippen molar-refractivity contribution in [2.24, 2.45) is 0 Å². The van der Waals surface area contributed by atoms with Gasteiger partial charge in [-0.1, -0.05) is 0 Å². The highest BCUT2D eigenvalue weighted by atomic mass is 16.3. The molecule has 2 N–H and O–H groups in total. The van der Waals surface area contributed by atoms with Crippen LogP contribution in [0.5, 0.6) is 0 Å². The Labute approximate surface area is 102 Å². The first-order chi connectivity index (χ1) is 8.33. The lowest BCUT2D eigenvalue weighted by molar-refractivity contribution is 0.111. The summed E-state index contributed by atoms with van der Waals surface area (Å²) >= 11 is 0. The minimum Gasteiger partial charge on any atom is -0.393 e. The molecule has 0 aliphatic heterocycles. The molecule has 94 valence electrons. The van der Waals surface area contributed by atoms with Gasteiger partial charge in [-0.2, -0.15) is 0 Å². The van der Waals surface area contributed by atoms with E-state index < -0.39 is 0 Å². The maximum Gasteiger partial charge on any atom is 0.0951 e. The molecule has 2 aliphatic rings. The Morgan fingerprint density at radius 3 is 3.00 bits per heavy atom. The second-order valence-electron chi connectivity index (χ2n) is 5.42. The summed E-state index contributed by atoms with van der Waals surface area (Å²) in [7, 11) is 0. The predicted octanol–water partition coefficient (Wildman–Crippen LogP) is 1.61. The van der Waals surface area contributed by atoms with Gasteiger partial charge in [0, 0.05) is 24.8 Å². The van der Waals surface area contributed by atoms with Crippen LogP contribution in [-0.2, 0) is 6.54 Å². The molecule has 2 atom stereocenters. The van der Waals surface area contributed by atoms with Crippen LogP contribution in [0.25, 0.3) is 0 Å². The van der Waals surface area contributed by atoms with Crippen LogP contribution in [0.4, 0.5) is 0 Å². The molecule has 4 nitrogen and oxygen atoms in total. The third-order valence-corrected chi connectivity index (χ3v) is 3.90. The van der Waals surface area contributed by atoms with E-state index in [1.165, 1.54) is 25.0 Å². The molecule has 2 unspecified atom stereocenters. The Kier molecular flexibility index (Phi) is 3.16. The molecular weight excluding hydrogens is 214 g/mol. The van der Waals surface area contributed by atoms with Crippen LogP contribution in [0.15, 0.2) is 12.5 Å². The molecule has 1 aromatic rings. The van der Waals surface area contributed by atoms with E-state index in [1.54, 1.807) is 0 Å². The lowest BCUT2D eigenvalue weighted by Gasteiger charge is -2.26. The third kappa shape index (κ3) is 2.69. The number of rotatable bonds is 4. The standard InChI is InChI=1S/C13H21N3O/c17-13-3-1-2-10(6-13)15-8-12-7-14-9-16(12)11-4-5-11/h7,9-11,13,15,17H,1-6,8H2. The second kappa shape index (κ2) is 4.78. The van der Waals surface area contributed by atoms with Crippen LogP contribution < -0.4 is 5.32 Å². The molecule has 2 aliphatic carbocycles. The van der Waals surface area contributed by atoms with Gasteiger partial charge in [-0.05, 0) is 38.5 Å². The van der Waals surface area contributed by atoms with Gasteiger partial charge in [-0.25, -0.2) is 4.98 Å². The number of nitrogens with one attached hydrogen (secondary N) is 1. The Morgan fingerprint density at radius 2 is 2.24 bits per heavy atom. The molecule has 2 saturated carbocycles. The normalized spacial score (nSPS) is 29.5. The Bertz CT molecular complexity index is 372. The number of aliphatic hydroxyl groups excluding tert-OH is 1. The van der Waals surface area contributed by atoms with Gasteiger partial charge in [-0.15, -0.1) is 0 Å². The molecule has 17 heavy (non-hydrogen) atoms. The summed E-state index contributed by atoms with van der Waals surface area (Å²) in [5, 5.41) is 13.2. The molecule has 0 saturated heterocycles. The van der Waals surface area contributed by atoms with Crippen molar-refractivity contribution >= 4 is 0 Å². The van der Waals surface area contributed by atoms with Crippen LogP contribution >= 0.6 is 0 Å². The molecule has 0 spiro atoms. The molecular formula is C13H21N3O. The van der Waals surface area contributed by atoms with Gasteiger partial charge in [0.15, 0.2) is 0 Å². The van der Waals surface area contributed by atoms with Gasteiger partial charge >= 0.3 is 0 Å². The predicted molar refractivity (Wildman–Crippen MR) is 65.6 cm³/mol. The third-order valence-electron chi connectivity index (χ3n) is 3.90. The fourth-order valence-electron chi connectivity index (χ4n) is 2.75. The first-order valence-corrected chi connectivity index (χ1v) is 6.75. The van der Waals surface area contributed by atoms with Crippen LogP contribution in [0.3, 0.4) is 0 Å². The van der Waals surface area contributed by atoms with Crippen molar-refractivity contribution in [2.75, 3.05) is 0 Å². The van der Waals surface area contributed by atoms with Crippen molar-refractivity contribution in [2.45, 2.75) is 63.3 Å². The first-order valence-electron chi connectivity index (χ1n) is 6.75. The minimum atomic E-state index is -0.102.